The number of nitrogens with zero attached hydrogens (tertiary/aromatic N) is 1. The number of methoxy groups -OCH3 is 1. The van der Waals surface area contributed by atoms with Gasteiger partial charge in [-0.2, -0.15) is 0 Å². The summed E-state index contributed by atoms with van der Waals surface area (Å²) < 4.78 is 6.42. The Kier molecular flexibility index (Phi) is 4.15. The topological polar surface area (TPSA) is 60.2 Å². The molecule has 112 valence electrons. The zero-order valence-corrected chi connectivity index (χ0v) is 13.7. The molecule has 1 aromatic heterocycles. The quantitative estimate of drug-likeness (QED) is 0.840. The van der Waals surface area contributed by atoms with Gasteiger partial charge >= 0.3 is 0 Å². The number of hydrogen-bond acceptors (Lipinski definition) is 4. The molecule has 2 aromatic rings. The van der Waals surface area contributed by atoms with Crippen molar-refractivity contribution in [3.05, 3.63) is 34.9 Å². The second-order valence-electron chi connectivity index (χ2n) is 5.72. The van der Waals surface area contributed by atoms with Crippen molar-refractivity contribution in [2.45, 2.75) is 18.4 Å². The minimum atomic E-state index is -0.197. The van der Waals surface area contributed by atoms with Crippen LogP contribution in [0, 0.1) is 5.92 Å². The highest BCUT2D eigenvalue weighted by molar-refractivity contribution is 9.10. The highest BCUT2D eigenvalue weighted by Gasteiger charge is 2.44. The molecule has 0 aliphatic heterocycles. The molecule has 1 aromatic carbocycles. The van der Waals surface area contributed by atoms with Gasteiger partial charge in [0.05, 0.1) is 23.3 Å². The molecule has 1 aliphatic rings. The van der Waals surface area contributed by atoms with E-state index >= 15 is 0 Å². The largest absolute Gasteiger partial charge is 0.382 e. The van der Waals surface area contributed by atoms with Crippen molar-refractivity contribution in [3.8, 4) is 0 Å². The maximum absolute atomic E-state index is 6.08. The summed E-state index contributed by atoms with van der Waals surface area (Å²) in [5, 5.41) is 4.74. The lowest BCUT2D eigenvalue weighted by atomic mass is 9.93. The molecule has 3 rings (SSSR count). The molecule has 4 nitrogen and oxygen atoms in total. The lowest BCUT2D eigenvalue weighted by Gasteiger charge is -2.34. The number of aromatic nitrogens is 1. The first-order valence-electron chi connectivity index (χ1n) is 7.20. The number of ether oxygens (including phenoxy) is 1. The molecule has 1 heterocycles. The Bertz CT molecular complexity index is 644. The van der Waals surface area contributed by atoms with Crippen molar-refractivity contribution in [2.24, 2.45) is 11.7 Å². The van der Waals surface area contributed by atoms with Crippen LogP contribution in [0.3, 0.4) is 0 Å². The Labute approximate surface area is 133 Å². The maximum atomic E-state index is 6.08. The standard InChI is InChI=1S/C16H20BrN3O/c1-21-10-16(9-18,12-5-6-12)20-14-4-2-3-11-7-13(17)8-19-15(11)14/h2-4,7-8,12,20H,5-6,9-10,18H2,1H3. The molecule has 0 radical (unpaired) electrons. The van der Waals surface area contributed by atoms with Crippen LogP contribution in [0.15, 0.2) is 34.9 Å². The van der Waals surface area contributed by atoms with Gasteiger partial charge in [0.1, 0.15) is 0 Å². The third-order valence-corrected chi connectivity index (χ3v) is 4.62. The average molecular weight is 350 g/mol. The summed E-state index contributed by atoms with van der Waals surface area (Å²) in [6.45, 7) is 1.17. The number of pyridine rings is 1. The normalized spacial score (nSPS) is 17.7. The lowest BCUT2D eigenvalue weighted by Crippen LogP contribution is -2.51. The number of rotatable bonds is 6. The van der Waals surface area contributed by atoms with Gasteiger partial charge in [0, 0.05) is 29.7 Å². The average Bonchev–Trinajstić information content (AvgIpc) is 3.31. The van der Waals surface area contributed by atoms with Gasteiger partial charge in [-0.3, -0.25) is 4.98 Å². The summed E-state index contributed by atoms with van der Waals surface area (Å²) >= 11 is 3.47. The van der Waals surface area contributed by atoms with Crippen LogP contribution in [0.25, 0.3) is 10.9 Å². The van der Waals surface area contributed by atoms with E-state index in [9.17, 15) is 0 Å². The first-order chi connectivity index (χ1) is 10.2. The molecular formula is C16H20BrN3O. The fourth-order valence-corrected chi connectivity index (χ4v) is 3.28. The molecule has 0 bridgehead atoms. The summed E-state index contributed by atoms with van der Waals surface area (Å²) in [6.07, 6.45) is 4.24. The van der Waals surface area contributed by atoms with Crippen molar-refractivity contribution in [1.82, 2.24) is 4.98 Å². The molecule has 1 aliphatic carbocycles. The number of fused-ring (bicyclic) bond motifs is 1. The fourth-order valence-electron chi connectivity index (χ4n) is 2.93. The highest BCUT2D eigenvalue weighted by atomic mass is 79.9. The maximum Gasteiger partial charge on any atom is 0.0934 e. The van der Waals surface area contributed by atoms with E-state index in [1.54, 1.807) is 7.11 Å². The van der Waals surface area contributed by atoms with E-state index in [0.717, 1.165) is 21.1 Å². The van der Waals surface area contributed by atoms with Crippen LogP contribution in [0.4, 0.5) is 5.69 Å². The van der Waals surface area contributed by atoms with Gasteiger partial charge in [-0.05, 0) is 46.8 Å². The monoisotopic (exact) mass is 349 g/mol. The number of nitrogens with two attached hydrogens (primary N) is 1. The van der Waals surface area contributed by atoms with Gasteiger partial charge in [0.25, 0.3) is 0 Å². The predicted octanol–water partition coefficient (Wildman–Crippen LogP) is 3.16. The Balaban J connectivity index is 1.99. The number of para-hydroxylation sites is 1. The van der Waals surface area contributed by atoms with Crippen molar-refractivity contribution in [1.29, 1.82) is 0 Å². The van der Waals surface area contributed by atoms with E-state index in [0.29, 0.717) is 19.1 Å². The zero-order chi connectivity index (χ0) is 14.9. The summed E-state index contributed by atoms with van der Waals surface area (Å²) in [6, 6.07) is 8.24. The number of nitrogens with one attached hydrogen (secondary N) is 1. The number of anilines is 1. The van der Waals surface area contributed by atoms with Gasteiger partial charge in [-0.15, -0.1) is 0 Å². The van der Waals surface area contributed by atoms with Crippen LogP contribution >= 0.6 is 15.9 Å². The number of benzene rings is 1. The van der Waals surface area contributed by atoms with Crippen LogP contribution in [-0.2, 0) is 4.74 Å². The van der Waals surface area contributed by atoms with Gasteiger partial charge in [-0.25, -0.2) is 0 Å². The van der Waals surface area contributed by atoms with E-state index in [1.807, 2.05) is 12.3 Å². The SMILES string of the molecule is COCC(CN)(Nc1cccc2cc(Br)cnc12)C1CC1. The van der Waals surface area contributed by atoms with Gasteiger partial charge in [0.2, 0.25) is 0 Å². The Hall–Kier alpha value is -1.17. The van der Waals surface area contributed by atoms with Gasteiger partial charge in [-0.1, -0.05) is 12.1 Å². The minimum Gasteiger partial charge on any atom is -0.382 e. The van der Waals surface area contributed by atoms with E-state index < -0.39 is 0 Å². The van der Waals surface area contributed by atoms with Gasteiger partial charge < -0.3 is 15.8 Å². The summed E-state index contributed by atoms with van der Waals surface area (Å²) in [5.74, 6) is 0.577. The van der Waals surface area contributed by atoms with E-state index in [4.69, 9.17) is 10.5 Å². The Morgan fingerprint density at radius 3 is 2.95 bits per heavy atom. The lowest BCUT2D eigenvalue weighted by molar-refractivity contribution is 0.135. The highest BCUT2D eigenvalue weighted by Crippen LogP contribution is 2.42. The predicted molar refractivity (Wildman–Crippen MR) is 89.5 cm³/mol. The summed E-state index contributed by atoms with van der Waals surface area (Å²) in [5.41, 5.74) is 7.87. The van der Waals surface area contributed by atoms with Crippen molar-refractivity contribution < 1.29 is 4.74 Å². The molecule has 3 N–H and O–H groups in total. The van der Waals surface area contributed by atoms with E-state index in [-0.39, 0.29) is 5.54 Å². The zero-order valence-electron chi connectivity index (χ0n) is 12.1. The van der Waals surface area contributed by atoms with Crippen molar-refractivity contribution in [3.63, 3.8) is 0 Å². The molecule has 0 amide bonds. The minimum absolute atomic E-state index is 0.197. The fraction of sp³-hybridized carbons (Fsp3) is 0.438. The molecule has 21 heavy (non-hydrogen) atoms. The molecule has 1 atom stereocenters. The second kappa shape index (κ2) is 5.91. The molecule has 1 unspecified atom stereocenters. The van der Waals surface area contributed by atoms with Crippen LogP contribution in [0.1, 0.15) is 12.8 Å². The first kappa shape index (κ1) is 14.8. The summed E-state index contributed by atoms with van der Waals surface area (Å²) in [7, 11) is 1.73. The second-order valence-corrected chi connectivity index (χ2v) is 6.64. The van der Waals surface area contributed by atoms with Gasteiger partial charge in [0.15, 0.2) is 0 Å². The van der Waals surface area contributed by atoms with E-state index in [2.05, 4.69) is 44.4 Å². The van der Waals surface area contributed by atoms with Crippen LogP contribution < -0.4 is 11.1 Å². The summed E-state index contributed by atoms with van der Waals surface area (Å²) in [4.78, 5) is 4.55. The molecule has 0 saturated heterocycles. The van der Waals surface area contributed by atoms with Crippen LogP contribution in [0.2, 0.25) is 0 Å². The van der Waals surface area contributed by atoms with Crippen LogP contribution in [0.5, 0.6) is 0 Å². The number of hydrogen-bond donors (Lipinski definition) is 2. The Morgan fingerprint density at radius 2 is 2.29 bits per heavy atom. The number of halogens is 1. The smallest absolute Gasteiger partial charge is 0.0934 e. The van der Waals surface area contributed by atoms with Crippen molar-refractivity contribution in [2.75, 3.05) is 25.6 Å². The first-order valence-corrected chi connectivity index (χ1v) is 7.99. The molecule has 0 spiro atoms. The molecule has 1 saturated carbocycles. The van der Waals surface area contributed by atoms with Crippen LogP contribution in [-0.4, -0.2) is 30.8 Å². The molecule has 1 fully saturated rings. The third-order valence-electron chi connectivity index (χ3n) is 4.19. The molecular weight excluding hydrogens is 330 g/mol. The Morgan fingerprint density at radius 1 is 1.48 bits per heavy atom. The molecule has 5 heteroatoms. The van der Waals surface area contributed by atoms with E-state index in [1.165, 1.54) is 12.8 Å². The van der Waals surface area contributed by atoms with Crippen molar-refractivity contribution >= 4 is 32.5 Å². The third kappa shape index (κ3) is 2.91.